The van der Waals surface area contributed by atoms with Gasteiger partial charge in [0, 0.05) is 50.5 Å². The molecular formula is C50H37BN3O. The molecular weight excluding hydrogens is 669 g/mol. The molecule has 2 aromatic heterocycles. The predicted octanol–water partition coefficient (Wildman–Crippen LogP) is 12.0. The summed E-state index contributed by atoms with van der Waals surface area (Å²) in [6.45, 7) is 2.26. The normalized spacial score (nSPS) is 12.2. The fourth-order valence-corrected chi connectivity index (χ4v) is 8.89. The van der Waals surface area contributed by atoms with Gasteiger partial charge in [0.25, 0.3) is 0 Å². The van der Waals surface area contributed by atoms with Crippen molar-refractivity contribution in [2.75, 3.05) is 5.32 Å². The van der Waals surface area contributed by atoms with Crippen molar-refractivity contribution < 1.29 is 4.42 Å². The van der Waals surface area contributed by atoms with Crippen LogP contribution in [0.5, 0.6) is 0 Å². The smallest absolute Gasteiger partial charge is 0.227 e. The van der Waals surface area contributed by atoms with E-state index in [0.717, 1.165) is 51.2 Å². The quantitative estimate of drug-likeness (QED) is 0.126. The number of nitrogens with zero attached hydrogens (tertiary/aromatic N) is 2. The van der Waals surface area contributed by atoms with E-state index in [1.54, 1.807) is 0 Å². The van der Waals surface area contributed by atoms with Gasteiger partial charge in [0.05, 0.1) is 5.52 Å². The van der Waals surface area contributed by atoms with Crippen LogP contribution in [0.1, 0.15) is 31.7 Å². The monoisotopic (exact) mass is 706 g/mol. The van der Waals surface area contributed by atoms with Gasteiger partial charge in [0.2, 0.25) is 5.89 Å². The number of anilines is 2. The first kappa shape index (κ1) is 31.9. The standard InChI is InChI=1S/C50H37BN3O/c1-2-3-5-14-31-23-26-34(27-24-31)52-40-22-13-12-21-38(40)45-36-19-10-11-20-37(36)47-46-35-18-9-8-15-32(35)25-28-42(46)54-43-30-44-41(29-39(43)51-48(45)49(47)54)53-50(55-44)33-16-6-4-7-17-33/h4,6-13,15-30,52H,2-3,5,14H2,1H3. The van der Waals surface area contributed by atoms with Gasteiger partial charge in [-0.15, -0.1) is 0 Å². The molecule has 0 amide bonds. The van der Waals surface area contributed by atoms with Crippen molar-refractivity contribution in [2.24, 2.45) is 0 Å². The van der Waals surface area contributed by atoms with Gasteiger partial charge in [-0.3, -0.25) is 0 Å². The summed E-state index contributed by atoms with van der Waals surface area (Å²) in [6.07, 6.45) is 4.85. The average molecular weight is 707 g/mol. The number of aromatic nitrogens is 2. The second kappa shape index (κ2) is 12.8. The lowest BCUT2D eigenvalue weighted by atomic mass is 9.58. The van der Waals surface area contributed by atoms with E-state index in [2.05, 4.69) is 145 Å². The summed E-state index contributed by atoms with van der Waals surface area (Å²) in [5.41, 5.74) is 14.3. The summed E-state index contributed by atoms with van der Waals surface area (Å²) in [5.74, 6) is 0.629. The van der Waals surface area contributed by atoms with Crippen molar-refractivity contribution in [1.29, 1.82) is 0 Å². The van der Waals surface area contributed by atoms with Crippen LogP contribution in [0, 0.1) is 0 Å². The third kappa shape index (κ3) is 5.10. The highest BCUT2D eigenvalue weighted by atomic mass is 16.3. The number of hydrogen-bond acceptors (Lipinski definition) is 3. The molecule has 8 aromatic carbocycles. The third-order valence-electron chi connectivity index (χ3n) is 11.4. The van der Waals surface area contributed by atoms with Crippen molar-refractivity contribution >= 4 is 84.0 Å². The lowest BCUT2D eigenvalue weighted by molar-refractivity contribution is 0.619. The highest BCUT2D eigenvalue weighted by molar-refractivity contribution is 6.74. The molecule has 3 heterocycles. The van der Waals surface area contributed by atoms with E-state index in [0.29, 0.717) is 5.89 Å². The number of para-hydroxylation sites is 1. The number of rotatable bonds is 8. The first-order valence-electron chi connectivity index (χ1n) is 19.4. The Kier molecular flexibility index (Phi) is 7.41. The van der Waals surface area contributed by atoms with Crippen LogP contribution >= 0.6 is 0 Å². The van der Waals surface area contributed by atoms with Gasteiger partial charge >= 0.3 is 0 Å². The molecule has 0 spiro atoms. The van der Waals surface area contributed by atoms with Crippen molar-refractivity contribution in [3.05, 3.63) is 157 Å². The highest BCUT2D eigenvalue weighted by Crippen LogP contribution is 2.45. The van der Waals surface area contributed by atoms with Gasteiger partial charge in [-0.05, 0) is 93.4 Å². The van der Waals surface area contributed by atoms with E-state index in [1.165, 1.54) is 79.2 Å². The third-order valence-corrected chi connectivity index (χ3v) is 11.4. The number of hydrogen-bond donors (Lipinski definition) is 1. The Hall–Kier alpha value is -6.59. The maximum Gasteiger partial charge on any atom is 0.227 e. The number of aryl methyl sites for hydroxylation is 1. The van der Waals surface area contributed by atoms with E-state index < -0.39 is 0 Å². The van der Waals surface area contributed by atoms with Gasteiger partial charge in [-0.2, -0.15) is 0 Å². The van der Waals surface area contributed by atoms with Crippen molar-refractivity contribution in [1.82, 2.24) is 9.55 Å². The van der Waals surface area contributed by atoms with E-state index in [-0.39, 0.29) is 0 Å². The minimum atomic E-state index is 0.629. The number of nitrogens with one attached hydrogen (secondary N) is 1. The second-order valence-corrected chi connectivity index (χ2v) is 14.8. The lowest BCUT2D eigenvalue weighted by Gasteiger charge is -2.25. The fraction of sp³-hybridized carbons (Fsp3) is 0.100. The molecule has 0 saturated carbocycles. The Labute approximate surface area is 320 Å². The maximum atomic E-state index is 6.48. The van der Waals surface area contributed by atoms with E-state index >= 15 is 0 Å². The molecule has 0 saturated heterocycles. The number of oxazole rings is 1. The molecule has 4 nitrogen and oxygen atoms in total. The summed E-state index contributed by atoms with van der Waals surface area (Å²) in [5, 5.41) is 11.3. The minimum absolute atomic E-state index is 0.629. The van der Waals surface area contributed by atoms with E-state index in [4.69, 9.17) is 9.40 Å². The molecule has 0 atom stereocenters. The summed E-state index contributed by atoms with van der Waals surface area (Å²) in [4.78, 5) is 5.00. The van der Waals surface area contributed by atoms with Gasteiger partial charge < -0.3 is 14.3 Å². The highest BCUT2D eigenvalue weighted by Gasteiger charge is 2.30. The molecule has 55 heavy (non-hydrogen) atoms. The topological polar surface area (TPSA) is 43.0 Å². The Bertz CT molecular complexity index is 3100. The Morgan fingerprint density at radius 2 is 1.45 bits per heavy atom. The van der Waals surface area contributed by atoms with Gasteiger partial charge in [-0.25, -0.2) is 4.98 Å². The van der Waals surface area contributed by atoms with Crippen LogP contribution in [0.2, 0.25) is 0 Å². The lowest BCUT2D eigenvalue weighted by Crippen LogP contribution is -2.37. The Morgan fingerprint density at radius 1 is 0.691 bits per heavy atom. The van der Waals surface area contributed by atoms with Gasteiger partial charge in [0.15, 0.2) is 12.9 Å². The molecule has 11 rings (SSSR count). The average Bonchev–Trinajstić information content (AvgIpc) is 3.82. The molecule has 0 fully saturated rings. The van der Waals surface area contributed by atoms with E-state index in [9.17, 15) is 0 Å². The van der Waals surface area contributed by atoms with E-state index in [1.807, 2.05) is 30.3 Å². The van der Waals surface area contributed by atoms with Crippen molar-refractivity contribution in [3.8, 4) is 28.3 Å². The first-order chi connectivity index (χ1) is 27.2. The van der Waals surface area contributed by atoms with Crippen LogP contribution < -0.4 is 16.2 Å². The molecule has 1 N–H and O–H groups in total. The van der Waals surface area contributed by atoms with Crippen molar-refractivity contribution in [3.63, 3.8) is 0 Å². The first-order valence-corrected chi connectivity index (χ1v) is 19.4. The summed E-state index contributed by atoms with van der Waals surface area (Å²) >= 11 is 0. The maximum absolute atomic E-state index is 6.48. The SMILES string of the molecule is CCCCCc1ccc(Nc2ccccc2-c2c3c4c(c5ccccc25)c2c5ccccc5ccc2n4-c2cc4oc(-c5ccccc5)nc4cc2[B]3)cc1. The molecule has 261 valence electrons. The van der Waals surface area contributed by atoms with Gasteiger partial charge in [0.1, 0.15) is 5.52 Å². The molecule has 1 aliphatic heterocycles. The molecule has 1 aliphatic rings. The van der Waals surface area contributed by atoms with Crippen LogP contribution in [0.15, 0.2) is 156 Å². The molecule has 5 heteroatoms. The second-order valence-electron chi connectivity index (χ2n) is 14.8. The number of unbranched alkanes of at least 4 members (excludes halogenated alkanes) is 2. The predicted molar refractivity (Wildman–Crippen MR) is 232 cm³/mol. The Balaban J connectivity index is 1.18. The molecule has 10 aromatic rings. The van der Waals surface area contributed by atoms with Crippen LogP contribution in [0.4, 0.5) is 11.4 Å². The van der Waals surface area contributed by atoms with Crippen LogP contribution in [0.25, 0.3) is 82.7 Å². The molecule has 1 radical (unpaired) electrons. The van der Waals surface area contributed by atoms with Crippen LogP contribution in [-0.4, -0.2) is 16.8 Å². The van der Waals surface area contributed by atoms with Gasteiger partial charge in [-0.1, -0.05) is 128 Å². The minimum Gasteiger partial charge on any atom is -0.436 e. The molecule has 0 aliphatic carbocycles. The molecule has 0 bridgehead atoms. The number of fused-ring (bicyclic) bond motifs is 10. The zero-order valence-electron chi connectivity index (χ0n) is 30.6. The fourth-order valence-electron chi connectivity index (χ4n) is 8.89. The molecule has 0 unspecified atom stereocenters. The zero-order chi connectivity index (χ0) is 36.5. The Morgan fingerprint density at radius 3 is 2.31 bits per heavy atom. The summed E-state index contributed by atoms with van der Waals surface area (Å²) in [7, 11) is 2.39. The summed E-state index contributed by atoms with van der Waals surface area (Å²) in [6, 6.07) is 54.6. The number of benzene rings is 8. The van der Waals surface area contributed by atoms with Crippen molar-refractivity contribution in [2.45, 2.75) is 32.6 Å². The van der Waals surface area contributed by atoms with Crippen LogP contribution in [0.3, 0.4) is 0 Å². The largest absolute Gasteiger partial charge is 0.436 e. The summed E-state index contributed by atoms with van der Waals surface area (Å²) < 4.78 is 8.96. The zero-order valence-corrected chi connectivity index (χ0v) is 30.6. The van der Waals surface area contributed by atoms with Crippen LogP contribution in [-0.2, 0) is 6.42 Å².